The van der Waals surface area contributed by atoms with Gasteiger partial charge in [0.25, 0.3) is 0 Å². The molecule has 0 saturated heterocycles. The number of nitrogens with one attached hydrogen (secondary N) is 1. The topological polar surface area (TPSA) is 48.9 Å². The number of hydrogen-bond acceptors (Lipinski definition) is 2. The lowest BCUT2D eigenvalue weighted by atomic mass is 10.0. The van der Waals surface area contributed by atoms with Crippen molar-refractivity contribution in [2.45, 2.75) is 18.4 Å². The predicted molar refractivity (Wildman–Crippen MR) is 56.4 cm³/mol. The minimum Gasteiger partial charge on any atom is -0.388 e. The Morgan fingerprint density at radius 1 is 1.33 bits per heavy atom. The number of rotatable bonds is 1. The molecule has 0 aliphatic heterocycles. The zero-order chi connectivity index (χ0) is 10.3. The Bertz CT molecular complexity index is 464. The minimum atomic E-state index is -0.424. The highest BCUT2D eigenvalue weighted by Crippen LogP contribution is 2.40. The van der Waals surface area contributed by atoms with E-state index in [9.17, 15) is 5.11 Å². The number of H-pyrrole nitrogens is 1. The lowest BCUT2D eigenvalue weighted by Gasteiger charge is -2.11. The highest BCUT2D eigenvalue weighted by molar-refractivity contribution is 5.37. The van der Waals surface area contributed by atoms with Crippen LogP contribution in [0.5, 0.6) is 0 Å². The first-order valence-electron chi connectivity index (χ1n) is 5.11. The van der Waals surface area contributed by atoms with Crippen LogP contribution in [0.1, 0.15) is 29.0 Å². The molecule has 0 fully saturated rings. The van der Waals surface area contributed by atoms with Gasteiger partial charge in [0, 0.05) is 12.4 Å². The minimum absolute atomic E-state index is 0.0809. The lowest BCUT2D eigenvalue weighted by molar-refractivity contribution is 0.154. The molecule has 1 heterocycles. The van der Waals surface area contributed by atoms with Crippen LogP contribution in [0.15, 0.2) is 36.7 Å². The monoisotopic (exact) mass is 200 g/mol. The summed E-state index contributed by atoms with van der Waals surface area (Å²) in [6.07, 6.45) is 3.97. The molecule has 0 amide bonds. The Labute approximate surface area is 87.8 Å². The van der Waals surface area contributed by atoms with Crippen LogP contribution in [0.2, 0.25) is 0 Å². The maximum absolute atomic E-state index is 10.2. The molecule has 1 aromatic heterocycles. The number of benzene rings is 1. The normalized spacial score (nSPS) is 24.1. The molecule has 0 saturated carbocycles. The van der Waals surface area contributed by atoms with Crippen LogP contribution in [-0.4, -0.2) is 15.1 Å². The molecule has 2 aromatic rings. The van der Waals surface area contributed by atoms with Crippen molar-refractivity contribution >= 4 is 0 Å². The van der Waals surface area contributed by atoms with E-state index in [-0.39, 0.29) is 5.92 Å². The Balaban J connectivity index is 2.00. The van der Waals surface area contributed by atoms with Crippen molar-refractivity contribution in [3.63, 3.8) is 0 Å². The molecule has 3 rings (SSSR count). The van der Waals surface area contributed by atoms with Crippen LogP contribution in [0.25, 0.3) is 0 Å². The molecule has 0 radical (unpaired) electrons. The number of fused-ring (bicyclic) bond motifs is 1. The smallest absolute Gasteiger partial charge is 0.112 e. The molecule has 1 aromatic carbocycles. The highest BCUT2D eigenvalue weighted by atomic mass is 16.3. The van der Waals surface area contributed by atoms with E-state index in [4.69, 9.17) is 0 Å². The van der Waals surface area contributed by atoms with Crippen molar-refractivity contribution in [1.29, 1.82) is 0 Å². The van der Waals surface area contributed by atoms with E-state index in [0.29, 0.717) is 0 Å². The number of nitrogens with zero attached hydrogens (tertiary/aromatic N) is 1. The summed E-state index contributed by atoms with van der Waals surface area (Å²) in [7, 11) is 0. The fraction of sp³-hybridized carbons (Fsp3) is 0.250. The second-order valence-corrected chi connectivity index (χ2v) is 3.93. The maximum atomic E-state index is 10.2. The second kappa shape index (κ2) is 3.21. The van der Waals surface area contributed by atoms with Gasteiger partial charge in [0.05, 0.1) is 12.0 Å². The van der Waals surface area contributed by atoms with E-state index in [1.807, 2.05) is 18.2 Å². The van der Waals surface area contributed by atoms with E-state index in [1.54, 1.807) is 12.4 Å². The Kier molecular flexibility index (Phi) is 1.86. The van der Waals surface area contributed by atoms with E-state index in [0.717, 1.165) is 17.8 Å². The number of aromatic amines is 1. The first kappa shape index (κ1) is 8.68. The van der Waals surface area contributed by atoms with E-state index in [2.05, 4.69) is 16.0 Å². The Morgan fingerprint density at radius 2 is 2.20 bits per heavy atom. The van der Waals surface area contributed by atoms with Crippen LogP contribution in [0, 0.1) is 0 Å². The number of imidazole rings is 1. The highest BCUT2D eigenvalue weighted by Gasteiger charge is 2.33. The summed E-state index contributed by atoms with van der Waals surface area (Å²) >= 11 is 0. The van der Waals surface area contributed by atoms with Crippen LogP contribution in [0.4, 0.5) is 0 Å². The summed E-state index contributed by atoms with van der Waals surface area (Å²) in [6.45, 7) is 0. The lowest BCUT2D eigenvalue weighted by Crippen LogP contribution is -2.06. The SMILES string of the molecule is O[C@@H]1c2ccccc2CC1c1ncc[nH]1. The van der Waals surface area contributed by atoms with E-state index < -0.39 is 6.10 Å². The van der Waals surface area contributed by atoms with Crippen molar-refractivity contribution in [1.82, 2.24) is 9.97 Å². The number of aliphatic hydroxyl groups is 1. The van der Waals surface area contributed by atoms with Gasteiger partial charge in [-0.05, 0) is 17.5 Å². The number of aliphatic hydroxyl groups excluding tert-OH is 1. The maximum Gasteiger partial charge on any atom is 0.112 e. The average Bonchev–Trinajstić information content (AvgIpc) is 2.87. The summed E-state index contributed by atoms with van der Waals surface area (Å²) in [5, 5.41) is 10.2. The Morgan fingerprint density at radius 3 is 2.93 bits per heavy atom. The number of aromatic nitrogens is 2. The van der Waals surface area contributed by atoms with Crippen molar-refractivity contribution in [3.05, 3.63) is 53.6 Å². The predicted octanol–water partition coefficient (Wildman–Crippen LogP) is 1.78. The molecule has 3 heteroatoms. The largest absolute Gasteiger partial charge is 0.388 e. The molecule has 1 aliphatic carbocycles. The molecule has 0 spiro atoms. The first-order valence-corrected chi connectivity index (χ1v) is 5.11. The summed E-state index contributed by atoms with van der Waals surface area (Å²) in [5.74, 6) is 0.955. The third-order valence-corrected chi connectivity index (χ3v) is 3.07. The van der Waals surface area contributed by atoms with Crippen LogP contribution >= 0.6 is 0 Å². The third kappa shape index (κ3) is 1.27. The summed E-state index contributed by atoms with van der Waals surface area (Å²) in [4.78, 5) is 7.29. The molecule has 0 bridgehead atoms. The summed E-state index contributed by atoms with van der Waals surface area (Å²) in [5.41, 5.74) is 2.27. The molecule has 2 atom stereocenters. The second-order valence-electron chi connectivity index (χ2n) is 3.93. The van der Waals surface area contributed by atoms with Gasteiger partial charge in [-0.25, -0.2) is 4.98 Å². The van der Waals surface area contributed by atoms with Gasteiger partial charge in [0.15, 0.2) is 0 Å². The van der Waals surface area contributed by atoms with Crippen molar-refractivity contribution in [2.75, 3.05) is 0 Å². The molecule has 76 valence electrons. The van der Waals surface area contributed by atoms with Gasteiger partial charge < -0.3 is 10.1 Å². The molecule has 2 N–H and O–H groups in total. The van der Waals surface area contributed by atoms with Gasteiger partial charge in [-0.2, -0.15) is 0 Å². The van der Waals surface area contributed by atoms with Crippen molar-refractivity contribution < 1.29 is 5.11 Å². The zero-order valence-electron chi connectivity index (χ0n) is 8.22. The van der Waals surface area contributed by atoms with Gasteiger partial charge in [-0.15, -0.1) is 0 Å². The molecule has 1 unspecified atom stereocenters. The molecule has 3 nitrogen and oxygen atoms in total. The van der Waals surface area contributed by atoms with E-state index >= 15 is 0 Å². The van der Waals surface area contributed by atoms with Gasteiger partial charge in [0.1, 0.15) is 5.82 Å². The van der Waals surface area contributed by atoms with Crippen molar-refractivity contribution in [2.24, 2.45) is 0 Å². The first-order chi connectivity index (χ1) is 7.36. The molecule has 15 heavy (non-hydrogen) atoms. The Hall–Kier alpha value is -1.61. The summed E-state index contributed by atoms with van der Waals surface area (Å²) in [6, 6.07) is 8.03. The average molecular weight is 200 g/mol. The van der Waals surface area contributed by atoms with Gasteiger partial charge in [-0.1, -0.05) is 24.3 Å². The zero-order valence-corrected chi connectivity index (χ0v) is 8.22. The van der Waals surface area contributed by atoms with Crippen LogP contribution in [-0.2, 0) is 6.42 Å². The number of hydrogen-bond donors (Lipinski definition) is 2. The van der Waals surface area contributed by atoms with Gasteiger partial charge in [-0.3, -0.25) is 0 Å². The van der Waals surface area contributed by atoms with Gasteiger partial charge in [0.2, 0.25) is 0 Å². The van der Waals surface area contributed by atoms with Crippen LogP contribution in [0.3, 0.4) is 0 Å². The van der Waals surface area contributed by atoms with E-state index in [1.165, 1.54) is 5.56 Å². The summed E-state index contributed by atoms with van der Waals surface area (Å²) < 4.78 is 0. The molecule has 1 aliphatic rings. The third-order valence-electron chi connectivity index (χ3n) is 3.07. The fourth-order valence-corrected chi connectivity index (χ4v) is 2.30. The van der Waals surface area contributed by atoms with Gasteiger partial charge >= 0.3 is 0 Å². The van der Waals surface area contributed by atoms with Crippen LogP contribution < -0.4 is 0 Å². The quantitative estimate of drug-likeness (QED) is 0.737. The van der Waals surface area contributed by atoms with Crippen molar-refractivity contribution in [3.8, 4) is 0 Å². The fourth-order valence-electron chi connectivity index (χ4n) is 2.30. The standard InChI is InChI=1S/C12H12N2O/c15-11-9-4-2-1-3-8(9)7-10(11)12-13-5-6-14-12/h1-6,10-11,15H,7H2,(H,13,14)/t10?,11-/m1/s1. The molecular weight excluding hydrogens is 188 g/mol. The molecular formula is C12H12N2O.